The van der Waals surface area contributed by atoms with E-state index in [-0.39, 0.29) is 17.9 Å². The van der Waals surface area contributed by atoms with Crippen molar-refractivity contribution in [3.8, 4) is 0 Å². The molecule has 16 heavy (non-hydrogen) atoms. The molecule has 1 rings (SSSR count). The average Bonchev–Trinajstić information content (AvgIpc) is 2.17. The minimum atomic E-state index is -0.472. The van der Waals surface area contributed by atoms with Gasteiger partial charge in [-0.1, -0.05) is 6.92 Å². The lowest BCUT2D eigenvalue weighted by Crippen LogP contribution is -2.05. The van der Waals surface area contributed by atoms with E-state index in [4.69, 9.17) is 0 Å². The number of Topliss-reactive ketones (excluding diaryl/α,β-unsaturated/α-hetero) is 1. The Labute approximate surface area is 93.7 Å². The third-order valence-corrected chi connectivity index (χ3v) is 2.22. The van der Waals surface area contributed by atoms with E-state index in [0.717, 1.165) is 6.42 Å². The molecule has 1 aromatic heterocycles. The van der Waals surface area contributed by atoms with E-state index >= 15 is 0 Å². The molecule has 0 aliphatic carbocycles. The van der Waals surface area contributed by atoms with Gasteiger partial charge in [0.2, 0.25) is 0 Å². The van der Waals surface area contributed by atoms with Crippen molar-refractivity contribution in [2.75, 3.05) is 0 Å². The van der Waals surface area contributed by atoms with Crippen molar-refractivity contribution in [1.82, 2.24) is 4.98 Å². The number of hydrogen-bond acceptors (Lipinski definition) is 4. The highest BCUT2D eigenvalue weighted by molar-refractivity contribution is 5.80. The highest BCUT2D eigenvalue weighted by Gasteiger charge is 2.12. The van der Waals surface area contributed by atoms with E-state index in [1.807, 2.05) is 6.92 Å². The summed E-state index contributed by atoms with van der Waals surface area (Å²) >= 11 is 0. The molecule has 1 heterocycles. The van der Waals surface area contributed by atoms with Gasteiger partial charge < -0.3 is 0 Å². The molecular formula is C11H14N2O3. The molecule has 1 aromatic rings. The minimum absolute atomic E-state index is 0.00769. The summed E-state index contributed by atoms with van der Waals surface area (Å²) in [4.78, 5) is 25.5. The second-order valence-corrected chi connectivity index (χ2v) is 3.63. The number of rotatable bonds is 5. The molecule has 0 atom stereocenters. The Balaban J connectivity index is 2.81. The smallest absolute Gasteiger partial charge is 0.290 e. The van der Waals surface area contributed by atoms with Crippen molar-refractivity contribution in [3.05, 3.63) is 33.6 Å². The highest BCUT2D eigenvalue weighted by Crippen LogP contribution is 2.15. The molecule has 0 aliphatic rings. The van der Waals surface area contributed by atoms with Crippen LogP contribution < -0.4 is 0 Å². The number of carbonyl (C=O) groups is 1. The van der Waals surface area contributed by atoms with Crippen LogP contribution in [0.3, 0.4) is 0 Å². The van der Waals surface area contributed by atoms with Crippen LogP contribution in [0.1, 0.15) is 31.2 Å². The van der Waals surface area contributed by atoms with Gasteiger partial charge in [0.25, 0.3) is 5.69 Å². The van der Waals surface area contributed by atoms with Gasteiger partial charge in [-0.3, -0.25) is 19.9 Å². The van der Waals surface area contributed by atoms with Crippen LogP contribution >= 0.6 is 0 Å². The maximum absolute atomic E-state index is 11.4. The highest BCUT2D eigenvalue weighted by atomic mass is 16.6. The van der Waals surface area contributed by atoms with Crippen LogP contribution in [0.15, 0.2) is 12.1 Å². The Morgan fingerprint density at radius 3 is 2.69 bits per heavy atom. The first kappa shape index (κ1) is 12.3. The number of hydrogen-bond donors (Lipinski definition) is 0. The monoisotopic (exact) mass is 222 g/mol. The SMILES string of the molecule is CCCC(=O)Cc1ccc([N+](=O)[O-])c(C)n1. The quantitative estimate of drug-likeness (QED) is 0.565. The first-order valence-electron chi connectivity index (χ1n) is 5.17. The summed E-state index contributed by atoms with van der Waals surface area (Å²) in [7, 11) is 0. The van der Waals surface area contributed by atoms with Crippen LogP contribution in [-0.2, 0) is 11.2 Å². The predicted octanol–water partition coefficient (Wildman–Crippen LogP) is 2.21. The van der Waals surface area contributed by atoms with Gasteiger partial charge in [0.15, 0.2) is 0 Å². The molecule has 0 saturated heterocycles. The molecular weight excluding hydrogens is 208 g/mol. The van der Waals surface area contributed by atoms with Crippen LogP contribution in [0.4, 0.5) is 5.69 Å². The number of aromatic nitrogens is 1. The van der Waals surface area contributed by atoms with E-state index < -0.39 is 4.92 Å². The Morgan fingerprint density at radius 1 is 1.50 bits per heavy atom. The molecule has 0 saturated carbocycles. The summed E-state index contributed by atoms with van der Waals surface area (Å²) in [5.74, 6) is 0.114. The van der Waals surface area contributed by atoms with Crippen LogP contribution in [0, 0.1) is 17.0 Å². The maximum Gasteiger partial charge on any atom is 0.290 e. The lowest BCUT2D eigenvalue weighted by molar-refractivity contribution is -0.385. The zero-order valence-electron chi connectivity index (χ0n) is 9.40. The molecule has 0 bridgehead atoms. The van der Waals surface area contributed by atoms with E-state index in [2.05, 4.69) is 4.98 Å². The number of carbonyl (C=O) groups excluding carboxylic acids is 1. The van der Waals surface area contributed by atoms with E-state index in [0.29, 0.717) is 17.8 Å². The second-order valence-electron chi connectivity index (χ2n) is 3.63. The Kier molecular flexibility index (Phi) is 4.10. The summed E-state index contributed by atoms with van der Waals surface area (Å²) in [6.07, 6.45) is 1.59. The number of pyridine rings is 1. The molecule has 0 aromatic carbocycles. The summed E-state index contributed by atoms with van der Waals surface area (Å²) in [6.45, 7) is 3.51. The van der Waals surface area contributed by atoms with Gasteiger partial charge in [-0.05, 0) is 19.4 Å². The fourth-order valence-corrected chi connectivity index (χ4v) is 1.47. The lowest BCUT2D eigenvalue weighted by atomic mass is 10.1. The van der Waals surface area contributed by atoms with Crippen LogP contribution in [-0.4, -0.2) is 15.7 Å². The van der Waals surface area contributed by atoms with Gasteiger partial charge in [0.05, 0.1) is 4.92 Å². The molecule has 0 fully saturated rings. The van der Waals surface area contributed by atoms with Gasteiger partial charge in [-0.2, -0.15) is 0 Å². The predicted molar refractivity (Wildman–Crippen MR) is 59.2 cm³/mol. The fourth-order valence-electron chi connectivity index (χ4n) is 1.47. The summed E-state index contributed by atoms with van der Waals surface area (Å²) < 4.78 is 0. The van der Waals surface area contributed by atoms with Crippen LogP contribution in [0.2, 0.25) is 0 Å². The summed E-state index contributed by atoms with van der Waals surface area (Å²) in [6, 6.07) is 2.94. The van der Waals surface area contributed by atoms with Crippen molar-refractivity contribution >= 4 is 11.5 Å². The van der Waals surface area contributed by atoms with Gasteiger partial charge in [-0.15, -0.1) is 0 Å². The number of ketones is 1. The van der Waals surface area contributed by atoms with E-state index in [1.54, 1.807) is 13.0 Å². The van der Waals surface area contributed by atoms with Crippen molar-refractivity contribution in [2.45, 2.75) is 33.1 Å². The second kappa shape index (κ2) is 5.34. The first-order valence-corrected chi connectivity index (χ1v) is 5.17. The minimum Gasteiger partial charge on any atom is -0.299 e. The van der Waals surface area contributed by atoms with Gasteiger partial charge >= 0.3 is 0 Å². The van der Waals surface area contributed by atoms with Crippen molar-refractivity contribution in [1.29, 1.82) is 0 Å². The number of nitro groups is 1. The van der Waals surface area contributed by atoms with Crippen molar-refractivity contribution in [3.63, 3.8) is 0 Å². The number of nitrogens with zero attached hydrogens (tertiary/aromatic N) is 2. The third-order valence-electron chi connectivity index (χ3n) is 2.22. The average molecular weight is 222 g/mol. The third kappa shape index (κ3) is 3.12. The molecule has 0 unspecified atom stereocenters. The zero-order chi connectivity index (χ0) is 12.1. The Morgan fingerprint density at radius 2 is 2.19 bits per heavy atom. The molecule has 0 aliphatic heterocycles. The molecule has 0 amide bonds. The molecule has 5 heteroatoms. The normalized spacial score (nSPS) is 10.1. The van der Waals surface area contributed by atoms with Crippen molar-refractivity contribution in [2.24, 2.45) is 0 Å². The molecule has 0 radical (unpaired) electrons. The molecule has 0 N–H and O–H groups in total. The first-order chi connectivity index (χ1) is 7.54. The Bertz CT molecular complexity index is 416. The van der Waals surface area contributed by atoms with Gasteiger partial charge in [0, 0.05) is 24.6 Å². The van der Waals surface area contributed by atoms with Crippen LogP contribution in [0.5, 0.6) is 0 Å². The summed E-state index contributed by atoms with van der Waals surface area (Å²) in [5.41, 5.74) is 0.944. The molecule has 86 valence electrons. The molecule has 0 spiro atoms. The maximum atomic E-state index is 11.4. The van der Waals surface area contributed by atoms with Gasteiger partial charge in [0.1, 0.15) is 11.5 Å². The standard InChI is InChI=1S/C11H14N2O3/c1-3-4-10(14)7-9-5-6-11(13(15)16)8(2)12-9/h5-6H,3-4,7H2,1-2H3. The number of aryl methyl sites for hydroxylation is 1. The topological polar surface area (TPSA) is 73.1 Å². The van der Waals surface area contributed by atoms with E-state index in [1.165, 1.54) is 6.07 Å². The van der Waals surface area contributed by atoms with Gasteiger partial charge in [-0.25, -0.2) is 0 Å². The van der Waals surface area contributed by atoms with Crippen LogP contribution in [0.25, 0.3) is 0 Å². The molecule has 5 nitrogen and oxygen atoms in total. The largest absolute Gasteiger partial charge is 0.299 e. The summed E-state index contributed by atoms with van der Waals surface area (Å²) in [5, 5.41) is 10.6. The van der Waals surface area contributed by atoms with E-state index in [9.17, 15) is 14.9 Å². The fraction of sp³-hybridized carbons (Fsp3) is 0.455. The Hall–Kier alpha value is -1.78. The van der Waals surface area contributed by atoms with Crippen molar-refractivity contribution < 1.29 is 9.72 Å². The lowest BCUT2D eigenvalue weighted by Gasteiger charge is -2.01. The zero-order valence-corrected chi connectivity index (χ0v) is 9.40.